The summed E-state index contributed by atoms with van der Waals surface area (Å²) < 4.78 is 0. The molecule has 1 aliphatic rings. The van der Waals surface area contributed by atoms with Gasteiger partial charge in [0.1, 0.15) is 5.82 Å². The SMILES string of the molecule is CC(C)NCc1nc(N(C)C2CCCN(C)C2)ccc1Cl. The summed E-state index contributed by atoms with van der Waals surface area (Å²) in [6.07, 6.45) is 2.48. The van der Waals surface area contributed by atoms with Gasteiger partial charge in [0.15, 0.2) is 0 Å². The predicted molar refractivity (Wildman–Crippen MR) is 90.1 cm³/mol. The van der Waals surface area contributed by atoms with Gasteiger partial charge in [-0.3, -0.25) is 0 Å². The van der Waals surface area contributed by atoms with E-state index in [4.69, 9.17) is 16.6 Å². The van der Waals surface area contributed by atoms with Gasteiger partial charge in [-0.15, -0.1) is 0 Å². The minimum Gasteiger partial charge on any atom is -0.355 e. The van der Waals surface area contributed by atoms with Crippen LogP contribution in [0.5, 0.6) is 0 Å². The molecule has 0 aromatic carbocycles. The largest absolute Gasteiger partial charge is 0.355 e. The molecule has 1 N–H and O–H groups in total. The molecule has 118 valence electrons. The van der Waals surface area contributed by atoms with Gasteiger partial charge in [-0.1, -0.05) is 25.4 Å². The summed E-state index contributed by atoms with van der Waals surface area (Å²) in [5.41, 5.74) is 0.930. The van der Waals surface area contributed by atoms with E-state index in [2.05, 4.69) is 43.1 Å². The Hall–Kier alpha value is -0.840. The van der Waals surface area contributed by atoms with E-state index < -0.39 is 0 Å². The molecular weight excluding hydrogens is 284 g/mol. The van der Waals surface area contributed by atoms with Crippen molar-refractivity contribution in [2.45, 2.75) is 45.3 Å². The number of hydrogen-bond acceptors (Lipinski definition) is 4. The van der Waals surface area contributed by atoms with Gasteiger partial charge in [-0.25, -0.2) is 4.98 Å². The van der Waals surface area contributed by atoms with Crippen molar-refractivity contribution in [2.75, 3.05) is 32.1 Å². The first-order chi connectivity index (χ1) is 9.97. The number of rotatable bonds is 5. The van der Waals surface area contributed by atoms with Crippen LogP contribution in [-0.4, -0.2) is 49.2 Å². The fourth-order valence-corrected chi connectivity index (χ4v) is 2.91. The quantitative estimate of drug-likeness (QED) is 0.906. The van der Waals surface area contributed by atoms with E-state index in [9.17, 15) is 0 Å². The highest BCUT2D eigenvalue weighted by Crippen LogP contribution is 2.23. The van der Waals surface area contributed by atoms with E-state index >= 15 is 0 Å². The Balaban J connectivity index is 2.09. The van der Waals surface area contributed by atoms with Crippen molar-refractivity contribution in [1.82, 2.24) is 15.2 Å². The number of anilines is 1. The maximum Gasteiger partial charge on any atom is 0.129 e. The maximum atomic E-state index is 6.26. The van der Waals surface area contributed by atoms with E-state index in [1.165, 1.54) is 19.4 Å². The summed E-state index contributed by atoms with van der Waals surface area (Å²) in [5.74, 6) is 1.01. The van der Waals surface area contributed by atoms with Gasteiger partial charge >= 0.3 is 0 Å². The molecule has 1 saturated heterocycles. The lowest BCUT2D eigenvalue weighted by Crippen LogP contribution is -2.45. The van der Waals surface area contributed by atoms with Crippen molar-refractivity contribution >= 4 is 17.4 Å². The van der Waals surface area contributed by atoms with Gasteiger partial charge in [0.25, 0.3) is 0 Å². The summed E-state index contributed by atoms with van der Waals surface area (Å²) >= 11 is 6.26. The molecule has 1 aliphatic heterocycles. The molecule has 2 rings (SSSR count). The molecule has 0 saturated carbocycles. The van der Waals surface area contributed by atoms with E-state index in [0.29, 0.717) is 18.6 Å². The van der Waals surface area contributed by atoms with Crippen LogP contribution in [0, 0.1) is 0 Å². The average molecular weight is 311 g/mol. The molecule has 1 atom stereocenters. The van der Waals surface area contributed by atoms with Crippen LogP contribution in [0.1, 0.15) is 32.4 Å². The number of hydrogen-bond donors (Lipinski definition) is 1. The predicted octanol–water partition coefficient (Wildman–Crippen LogP) is 2.76. The molecule has 0 bridgehead atoms. The Morgan fingerprint density at radius 2 is 2.24 bits per heavy atom. The van der Waals surface area contributed by atoms with Crippen molar-refractivity contribution in [1.29, 1.82) is 0 Å². The lowest BCUT2D eigenvalue weighted by molar-refractivity contribution is 0.247. The van der Waals surface area contributed by atoms with Crippen molar-refractivity contribution in [3.8, 4) is 0 Å². The van der Waals surface area contributed by atoms with Crippen LogP contribution in [0.4, 0.5) is 5.82 Å². The van der Waals surface area contributed by atoms with Crippen LogP contribution in [-0.2, 0) is 6.54 Å². The molecule has 1 aromatic heterocycles. The Morgan fingerprint density at radius 1 is 1.48 bits per heavy atom. The minimum absolute atomic E-state index is 0.427. The monoisotopic (exact) mass is 310 g/mol. The molecule has 2 heterocycles. The first-order valence-corrected chi connectivity index (χ1v) is 8.15. The number of likely N-dealkylation sites (N-methyl/N-ethyl adjacent to an activating group) is 2. The number of aromatic nitrogens is 1. The first-order valence-electron chi connectivity index (χ1n) is 7.77. The smallest absolute Gasteiger partial charge is 0.129 e. The number of halogens is 1. The Bertz CT molecular complexity index is 464. The van der Waals surface area contributed by atoms with Crippen LogP contribution in [0.25, 0.3) is 0 Å². The highest BCUT2D eigenvalue weighted by molar-refractivity contribution is 6.31. The Labute approximate surface area is 133 Å². The Kier molecular flexibility index (Phi) is 5.85. The molecule has 5 heteroatoms. The van der Waals surface area contributed by atoms with Crippen LogP contribution >= 0.6 is 11.6 Å². The Morgan fingerprint density at radius 3 is 2.90 bits per heavy atom. The van der Waals surface area contributed by atoms with Gasteiger partial charge in [0.2, 0.25) is 0 Å². The molecule has 21 heavy (non-hydrogen) atoms. The van der Waals surface area contributed by atoms with Crippen molar-refractivity contribution < 1.29 is 0 Å². The van der Waals surface area contributed by atoms with Crippen LogP contribution in [0.2, 0.25) is 5.02 Å². The maximum absolute atomic E-state index is 6.26. The fraction of sp³-hybridized carbons (Fsp3) is 0.688. The summed E-state index contributed by atoms with van der Waals surface area (Å²) in [4.78, 5) is 9.44. The van der Waals surface area contributed by atoms with Gasteiger partial charge in [0.05, 0.1) is 10.7 Å². The van der Waals surface area contributed by atoms with Crippen molar-refractivity contribution in [2.24, 2.45) is 0 Å². The highest BCUT2D eigenvalue weighted by Gasteiger charge is 2.22. The summed E-state index contributed by atoms with van der Waals surface area (Å²) in [6, 6.07) is 4.94. The lowest BCUT2D eigenvalue weighted by Gasteiger charge is -2.36. The third kappa shape index (κ3) is 4.56. The molecule has 1 unspecified atom stereocenters. The number of pyridine rings is 1. The minimum atomic E-state index is 0.427. The van der Waals surface area contributed by atoms with E-state index in [-0.39, 0.29) is 0 Å². The van der Waals surface area contributed by atoms with Crippen molar-refractivity contribution in [3.63, 3.8) is 0 Å². The zero-order valence-corrected chi connectivity index (χ0v) is 14.3. The van der Waals surface area contributed by atoms with Crippen LogP contribution in [0.15, 0.2) is 12.1 Å². The molecule has 0 spiro atoms. The highest BCUT2D eigenvalue weighted by atomic mass is 35.5. The third-order valence-corrected chi connectivity index (χ3v) is 4.43. The topological polar surface area (TPSA) is 31.4 Å². The molecule has 0 radical (unpaired) electrons. The summed E-state index contributed by atoms with van der Waals surface area (Å²) in [5, 5.41) is 4.12. The molecule has 0 aliphatic carbocycles. The van der Waals surface area contributed by atoms with Crippen molar-refractivity contribution in [3.05, 3.63) is 22.8 Å². The summed E-state index contributed by atoms with van der Waals surface area (Å²) in [7, 11) is 4.33. The van der Waals surface area contributed by atoms with Gasteiger partial charge in [0, 0.05) is 32.2 Å². The fourth-order valence-electron chi connectivity index (χ4n) is 2.74. The van der Waals surface area contributed by atoms with Gasteiger partial charge in [-0.2, -0.15) is 0 Å². The lowest BCUT2D eigenvalue weighted by atomic mass is 10.1. The van der Waals surface area contributed by atoms with Crippen LogP contribution in [0.3, 0.4) is 0 Å². The van der Waals surface area contributed by atoms with E-state index in [1.54, 1.807) is 0 Å². The third-order valence-electron chi connectivity index (χ3n) is 4.09. The number of likely N-dealkylation sites (tertiary alicyclic amines) is 1. The second kappa shape index (κ2) is 7.43. The molecule has 4 nitrogen and oxygen atoms in total. The van der Waals surface area contributed by atoms with Crippen LogP contribution < -0.4 is 10.2 Å². The van der Waals surface area contributed by atoms with E-state index in [0.717, 1.165) is 23.1 Å². The zero-order chi connectivity index (χ0) is 15.4. The first kappa shape index (κ1) is 16.5. The van der Waals surface area contributed by atoms with Gasteiger partial charge in [-0.05, 0) is 38.6 Å². The zero-order valence-electron chi connectivity index (χ0n) is 13.6. The van der Waals surface area contributed by atoms with Gasteiger partial charge < -0.3 is 15.1 Å². The van der Waals surface area contributed by atoms with E-state index in [1.807, 2.05) is 12.1 Å². The number of piperidine rings is 1. The molecule has 1 fully saturated rings. The number of nitrogens with zero attached hydrogens (tertiary/aromatic N) is 3. The molecule has 1 aromatic rings. The normalized spacial score (nSPS) is 20.0. The second-order valence-electron chi connectivity index (χ2n) is 6.30. The standard InChI is InChI=1S/C16H27ClN4/c1-12(2)18-10-15-14(17)7-8-16(19-15)21(4)13-6-5-9-20(3)11-13/h7-8,12-13,18H,5-6,9-11H2,1-4H3. The number of nitrogens with one attached hydrogen (secondary N) is 1. The molecular formula is C16H27ClN4. The second-order valence-corrected chi connectivity index (χ2v) is 6.71. The summed E-state index contributed by atoms with van der Waals surface area (Å²) in [6.45, 7) is 7.26. The average Bonchev–Trinajstić information content (AvgIpc) is 2.45. The molecule has 0 amide bonds.